The molecule has 6 nitrogen and oxygen atoms in total. The summed E-state index contributed by atoms with van der Waals surface area (Å²) in [4.78, 5) is 2.47. The van der Waals surface area contributed by atoms with E-state index in [0.29, 0.717) is 10.1 Å². The van der Waals surface area contributed by atoms with Crippen LogP contribution in [0.2, 0.25) is 0 Å². The summed E-state index contributed by atoms with van der Waals surface area (Å²) in [7, 11) is 0.223. The summed E-state index contributed by atoms with van der Waals surface area (Å²) in [5.41, 5.74) is 3.44. The Bertz CT molecular complexity index is 1100. The van der Waals surface area contributed by atoms with E-state index < -0.39 is 10.0 Å². The van der Waals surface area contributed by atoms with Crippen LogP contribution in [0.1, 0.15) is 48.2 Å². The normalized spacial score (nSPS) is 17.1. The molecular weight excluding hydrogens is 440 g/mol. The van der Waals surface area contributed by atoms with Crippen molar-refractivity contribution < 1.29 is 8.42 Å². The van der Waals surface area contributed by atoms with Crippen molar-refractivity contribution in [3.63, 3.8) is 0 Å². The first kappa shape index (κ1) is 23.2. The molecule has 0 radical (unpaired) electrons. The minimum Gasteiger partial charge on any atom is -0.303 e. The topological polar surface area (TPSA) is 58.4 Å². The highest BCUT2D eigenvalue weighted by Gasteiger charge is 2.31. The number of aryl methyl sites for hydroxylation is 2. The number of rotatable bonds is 8. The van der Waals surface area contributed by atoms with Crippen molar-refractivity contribution in [1.29, 1.82) is 0 Å². The van der Waals surface area contributed by atoms with Gasteiger partial charge < -0.3 is 4.90 Å². The first-order valence-corrected chi connectivity index (χ1v) is 13.5. The third kappa shape index (κ3) is 4.98. The maximum atomic E-state index is 13.2. The second kappa shape index (κ2) is 9.87. The van der Waals surface area contributed by atoms with E-state index in [1.807, 2.05) is 54.4 Å². The zero-order valence-corrected chi connectivity index (χ0v) is 20.6. The second-order valence-corrected chi connectivity index (χ2v) is 11.8. The van der Waals surface area contributed by atoms with Gasteiger partial charge in [-0.25, -0.2) is 8.42 Å². The van der Waals surface area contributed by atoms with E-state index in [-0.39, 0.29) is 6.04 Å². The molecule has 1 aliphatic heterocycles. The Hall–Kier alpha value is -2.00. The van der Waals surface area contributed by atoms with Gasteiger partial charge in [-0.3, -0.25) is 4.68 Å². The number of sulfonamides is 1. The van der Waals surface area contributed by atoms with Crippen molar-refractivity contribution in [2.24, 2.45) is 7.05 Å². The van der Waals surface area contributed by atoms with Crippen molar-refractivity contribution >= 4 is 21.4 Å². The molecule has 1 unspecified atom stereocenters. The fraction of sp³-hybridized carbons (Fsp3) is 0.458. The maximum Gasteiger partial charge on any atom is 0.252 e. The van der Waals surface area contributed by atoms with Crippen LogP contribution in [0.3, 0.4) is 0 Å². The predicted octanol–water partition coefficient (Wildman–Crippen LogP) is 4.42. The number of hydrogen-bond donors (Lipinski definition) is 0. The van der Waals surface area contributed by atoms with Crippen LogP contribution in [0.4, 0.5) is 0 Å². The first-order valence-electron chi connectivity index (χ1n) is 11.2. The summed E-state index contributed by atoms with van der Waals surface area (Å²) in [6, 6.07) is 15.5. The van der Waals surface area contributed by atoms with E-state index in [2.05, 4.69) is 16.1 Å². The number of likely N-dealkylation sites (tertiary alicyclic amines) is 1. The number of hydrogen-bond acceptors (Lipinski definition) is 5. The molecular formula is C24H32N4O2S2. The average Bonchev–Trinajstić information content (AvgIpc) is 3.45. The number of aromatic nitrogens is 2. The Morgan fingerprint density at radius 3 is 2.47 bits per heavy atom. The quantitative estimate of drug-likeness (QED) is 0.487. The van der Waals surface area contributed by atoms with Crippen LogP contribution in [0.5, 0.6) is 0 Å². The molecule has 1 aliphatic rings. The van der Waals surface area contributed by atoms with Crippen molar-refractivity contribution in [2.45, 2.75) is 42.4 Å². The van der Waals surface area contributed by atoms with Gasteiger partial charge in [0.15, 0.2) is 0 Å². The van der Waals surface area contributed by atoms with Gasteiger partial charge in [-0.05, 0) is 68.9 Å². The lowest BCUT2D eigenvalue weighted by Gasteiger charge is -2.34. The number of nitrogens with zero attached hydrogens (tertiary/aromatic N) is 4. The molecule has 0 saturated carbocycles. The molecule has 32 heavy (non-hydrogen) atoms. The molecule has 0 spiro atoms. The fourth-order valence-electron chi connectivity index (χ4n) is 4.72. The third-order valence-electron chi connectivity index (χ3n) is 6.51. The van der Waals surface area contributed by atoms with E-state index >= 15 is 0 Å². The van der Waals surface area contributed by atoms with E-state index in [9.17, 15) is 8.42 Å². The van der Waals surface area contributed by atoms with Crippen LogP contribution in [0.15, 0.2) is 58.1 Å². The molecule has 0 aliphatic carbocycles. The molecule has 2 aromatic heterocycles. The number of benzene rings is 1. The molecule has 1 fully saturated rings. The first-order chi connectivity index (χ1) is 15.4. The highest BCUT2D eigenvalue weighted by molar-refractivity contribution is 7.91. The van der Waals surface area contributed by atoms with Crippen LogP contribution >= 0.6 is 11.3 Å². The smallest absolute Gasteiger partial charge is 0.252 e. The molecule has 8 heteroatoms. The van der Waals surface area contributed by atoms with Crippen LogP contribution in [0.25, 0.3) is 0 Å². The van der Waals surface area contributed by atoms with Gasteiger partial charge in [0.05, 0.1) is 11.7 Å². The van der Waals surface area contributed by atoms with Gasteiger partial charge in [-0.1, -0.05) is 36.4 Å². The summed E-state index contributed by atoms with van der Waals surface area (Å²) < 4.78 is 30.4. The molecule has 0 amide bonds. The largest absolute Gasteiger partial charge is 0.303 e. The minimum atomic E-state index is -3.52. The Kier molecular flexibility index (Phi) is 7.14. The van der Waals surface area contributed by atoms with Gasteiger partial charge in [0.2, 0.25) is 0 Å². The monoisotopic (exact) mass is 472 g/mol. The van der Waals surface area contributed by atoms with Gasteiger partial charge >= 0.3 is 0 Å². The molecule has 4 rings (SSSR count). The third-order valence-corrected chi connectivity index (χ3v) is 9.75. The summed E-state index contributed by atoms with van der Waals surface area (Å²) in [5.74, 6) is 0.546. The van der Waals surface area contributed by atoms with Crippen LogP contribution in [0, 0.1) is 6.92 Å². The zero-order chi connectivity index (χ0) is 22.7. The van der Waals surface area contributed by atoms with E-state index in [0.717, 1.165) is 50.2 Å². The fourth-order valence-corrected chi connectivity index (χ4v) is 7.27. The van der Waals surface area contributed by atoms with E-state index in [4.69, 9.17) is 0 Å². The van der Waals surface area contributed by atoms with Crippen molar-refractivity contribution in [3.05, 3.63) is 70.9 Å². The lowest BCUT2D eigenvalue weighted by Crippen LogP contribution is -2.37. The van der Waals surface area contributed by atoms with E-state index in [1.54, 1.807) is 23.5 Å². The highest BCUT2D eigenvalue weighted by atomic mass is 32.2. The van der Waals surface area contributed by atoms with Crippen molar-refractivity contribution in [1.82, 2.24) is 19.0 Å². The highest BCUT2D eigenvalue weighted by Crippen LogP contribution is 2.32. The van der Waals surface area contributed by atoms with Gasteiger partial charge in [0.25, 0.3) is 10.0 Å². The van der Waals surface area contributed by atoms with Crippen LogP contribution < -0.4 is 0 Å². The molecule has 3 heterocycles. The SMILES string of the molecule is Cc1cc(C2CCN(CCC(c3ccccc3)N(C)S(=O)(=O)c3cccs3)CC2)n(C)n1. The lowest BCUT2D eigenvalue weighted by atomic mass is 9.93. The zero-order valence-electron chi connectivity index (χ0n) is 19.0. The van der Waals surface area contributed by atoms with Crippen molar-refractivity contribution in [3.8, 4) is 0 Å². The maximum absolute atomic E-state index is 13.2. The molecule has 1 saturated heterocycles. The van der Waals surface area contributed by atoms with Gasteiger partial charge in [-0.2, -0.15) is 9.40 Å². The average molecular weight is 473 g/mol. The van der Waals surface area contributed by atoms with E-state index in [1.165, 1.54) is 17.0 Å². The molecule has 3 aromatic rings. The molecule has 0 N–H and O–H groups in total. The molecule has 0 bridgehead atoms. The Morgan fingerprint density at radius 1 is 1.16 bits per heavy atom. The minimum absolute atomic E-state index is 0.194. The van der Waals surface area contributed by atoms with Gasteiger partial charge in [0.1, 0.15) is 4.21 Å². The lowest BCUT2D eigenvalue weighted by molar-refractivity contribution is 0.191. The van der Waals surface area contributed by atoms with Crippen LogP contribution in [-0.2, 0) is 17.1 Å². The molecule has 1 aromatic carbocycles. The van der Waals surface area contributed by atoms with Crippen LogP contribution in [-0.4, -0.2) is 54.1 Å². The summed E-state index contributed by atoms with van der Waals surface area (Å²) in [5, 5.41) is 6.32. The molecule has 172 valence electrons. The Balaban J connectivity index is 1.43. The number of thiophene rings is 1. The summed E-state index contributed by atoms with van der Waals surface area (Å²) >= 11 is 1.27. The summed E-state index contributed by atoms with van der Waals surface area (Å²) in [6.07, 6.45) is 2.98. The Morgan fingerprint density at radius 2 is 1.88 bits per heavy atom. The summed E-state index contributed by atoms with van der Waals surface area (Å²) in [6.45, 7) is 4.97. The Labute approximate surface area is 195 Å². The van der Waals surface area contributed by atoms with Gasteiger partial charge in [-0.15, -0.1) is 11.3 Å². The molecule has 1 atom stereocenters. The second-order valence-electron chi connectivity index (χ2n) is 8.62. The van der Waals surface area contributed by atoms with Crippen molar-refractivity contribution in [2.75, 3.05) is 26.7 Å². The number of piperidine rings is 1. The standard InChI is InChI=1S/C24H32N4O2S2/c1-19-18-23(26(2)25-19)21-11-14-28(15-12-21)16-13-22(20-8-5-4-6-9-20)27(3)32(29,30)24-10-7-17-31-24/h4-10,17-18,21-22H,11-16H2,1-3H3. The predicted molar refractivity (Wildman–Crippen MR) is 129 cm³/mol. The van der Waals surface area contributed by atoms with Gasteiger partial charge in [0, 0.05) is 25.7 Å².